The number of thioether (sulfide) groups is 1. The lowest BCUT2D eigenvalue weighted by Gasteiger charge is -2.04. The van der Waals surface area contributed by atoms with Gasteiger partial charge in [0.1, 0.15) is 0 Å². The zero-order valence-corrected chi connectivity index (χ0v) is 11.9. The van der Waals surface area contributed by atoms with Crippen LogP contribution in [0.2, 0.25) is 0 Å². The van der Waals surface area contributed by atoms with Gasteiger partial charge in [0, 0.05) is 17.1 Å². The molecule has 0 saturated heterocycles. The highest BCUT2D eigenvalue weighted by molar-refractivity contribution is 8.03. The van der Waals surface area contributed by atoms with Crippen molar-refractivity contribution >= 4 is 34.9 Å². The number of rotatable bonds is 4. The third-order valence-electron chi connectivity index (χ3n) is 1.99. The van der Waals surface area contributed by atoms with Crippen LogP contribution in [0, 0.1) is 0 Å². The van der Waals surface area contributed by atoms with E-state index in [1.54, 1.807) is 34.9 Å². The summed E-state index contributed by atoms with van der Waals surface area (Å²) < 4.78 is 1.91. The predicted octanol–water partition coefficient (Wildman–Crippen LogP) is 2.83. The first kappa shape index (κ1) is 12.8. The Morgan fingerprint density at radius 2 is 2.06 bits per heavy atom. The zero-order valence-electron chi connectivity index (χ0n) is 9.45. The second-order valence-electron chi connectivity index (χ2n) is 3.35. The van der Waals surface area contributed by atoms with E-state index in [0.29, 0.717) is 0 Å². The molecule has 2 N–H and O–H groups in total. The summed E-state index contributed by atoms with van der Waals surface area (Å²) in [6.45, 7) is 1.92. The second-order valence-corrected chi connectivity index (χ2v) is 6.70. The fraction of sp³-hybridized carbons (Fsp3) is 0.300. The Balaban J connectivity index is 2.08. The van der Waals surface area contributed by atoms with E-state index in [1.807, 2.05) is 31.5 Å². The summed E-state index contributed by atoms with van der Waals surface area (Å²) in [5, 5.41) is 8.14. The normalized spacial score (nSPS) is 12.6. The van der Waals surface area contributed by atoms with Crippen molar-refractivity contribution in [3.05, 3.63) is 24.0 Å². The summed E-state index contributed by atoms with van der Waals surface area (Å²) in [6, 6.07) is 3.93. The third-order valence-corrected chi connectivity index (χ3v) is 4.92. The van der Waals surface area contributed by atoms with Crippen LogP contribution < -0.4 is 5.73 Å². The molecule has 4 nitrogen and oxygen atoms in total. The molecular weight excluding hydrogens is 272 g/mol. The smallest absolute Gasteiger partial charge is 0.179 e. The van der Waals surface area contributed by atoms with E-state index in [-0.39, 0.29) is 6.04 Å². The summed E-state index contributed by atoms with van der Waals surface area (Å²) in [5.41, 5.74) is 6.64. The van der Waals surface area contributed by atoms with Gasteiger partial charge in [0.05, 0.1) is 5.69 Å². The van der Waals surface area contributed by atoms with E-state index in [1.165, 1.54) is 0 Å². The fourth-order valence-electron chi connectivity index (χ4n) is 1.14. The molecule has 0 bridgehead atoms. The van der Waals surface area contributed by atoms with Gasteiger partial charge < -0.3 is 5.73 Å². The lowest BCUT2D eigenvalue weighted by molar-refractivity contribution is 0.777. The first-order valence-corrected chi connectivity index (χ1v) is 7.81. The molecule has 0 aliphatic carbocycles. The molecule has 17 heavy (non-hydrogen) atoms. The van der Waals surface area contributed by atoms with E-state index in [9.17, 15) is 0 Å². The maximum atomic E-state index is 5.75. The van der Waals surface area contributed by atoms with Gasteiger partial charge in [0.2, 0.25) is 0 Å². The molecule has 7 heteroatoms. The van der Waals surface area contributed by atoms with Crippen molar-refractivity contribution in [2.24, 2.45) is 5.73 Å². The van der Waals surface area contributed by atoms with Crippen molar-refractivity contribution in [1.82, 2.24) is 15.2 Å². The van der Waals surface area contributed by atoms with Crippen LogP contribution in [0.25, 0.3) is 0 Å². The Bertz CT molecular complexity index is 481. The summed E-state index contributed by atoms with van der Waals surface area (Å²) in [7, 11) is 0. The highest BCUT2D eigenvalue weighted by atomic mass is 32.2. The van der Waals surface area contributed by atoms with Crippen LogP contribution in [0.1, 0.15) is 18.7 Å². The summed E-state index contributed by atoms with van der Waals surface area (Å²) in [4.78, 5) is 5.36. The minimum atomic E-state index is -0.0290. The maximum Gasteiger partial charge on any atom is 0.179 e. The molecule has 0 amide bonds. The van der Waals surface area contributed by atoms with Crippen molar-refractivity contribution in [3.63, 3.8) is 0 Å². The van der Waals surface area contributed by atoms with Gasteiger partial charge >= 0.3 is 0 Å². The Hall–Kier alpha value is -0.630. The lowest BCUT2D eigenvalue weighted by Crippen LogP contribution is -2.06. The molecule has 0 saturated carbocycles. The topological polar surface area (TPSA) is 64.7 Å². The Morgan fingerprint density at radius 3 is 2.59 bits per heavy atom. The van der Waals surface area contributed by atoms with Crippen LogP contribution in [-0.2, 0) is 0 Å². The minimum Gasteiger partial charge on any atom is -0.323 e. The first-order valence-electron chi connectivity index (χ1n) is 4.96. The van der Waals surface area contributed by atoms with Gasteiger partial charge in [0.15, 0.2) is 8.68 Å². The van der Waals surface area contributed by atoms with Crippen molar-refractivity contribution in [2.45, 2.75) is 26.5 Å². The summed E-state index contributed by atoms with van der Waals surface area (Å²) in [5.74, 6) is 0. The molecule has 0 aromatic carbocycles. The first-order chi connectivity index (χ1) is 8.19. The average Bonchev–Trinajstić information content (AvgIpc) is 2.77. The van der Waals surface area contributed by atoms with Crippen molar-refractivity contribution in [1.29, 1.82) is 0 Å². The van der Waals surface area contributed by atoms with Gasteiger partial charge in [0.25, 0.3) is 0 Å². The molecule has 0 aliphatic rings. The molecule has 0 aliphatic heterocycles. The largest absolute Gasteiger partial charge is 0.323 e. The molecule has 90 valence electrons. The molecule has 0 radical (unpaired) electrons. The molecule has 2 aromatic heterocycles. The quantitative estimate of drug-likeness (QED) is 0.871. The molecule has 2 heterocycles. The molecular formula is C10H12N4S3. The molecule has 1 atom stereocenters. The van der Waals surface area contributed by atoms with Crippen molar-refractivity contribution in [2.75, 3.05) is 6.26 Å². The van der Waals surface area contributed by atoms with Crippen LogP contribution in [0.15, 0.2) is 31.9 Å². The van der Waals surface area contributed by atoms with E-state index in [0.717, 1.165) is 19.3 Å². The molecule has 0 fully saturated rings. The molecule has 2 rings (SSSR count). The van der Waals surface area contributed by atoms with Gasteiger partial charge in [-0.25, -0.2) is 0 Å². The van der Waals surface area contributed by atoms with Gasteiger partial charge in [-0.1, -0.05) is 34.9 Å². The second kappa shape index (κ2) is 5.81. The van der Waals surface area contributed by atoms with Gasteiger partial charge in [-0.15, -0.1) is 10.2 Å². The van der Waals surface area contributed by atoms with E-state index in [2.05, 4.69) is 15.2 Å². The van der Waals surface area contributed by atoms with Gasteiger partial charge in [-0.2, -0.15) is 0 Å². The van der Waals surface area contributed by atoms with Crippen LogP contribution in [0.5, 0.6) is 0 Å². The Morgan fingerprint density at radius 1 is 1.29 bits per heavy atom. The average molecular weight is 284 g/mol. The highest BCUT2D eigenvalue weighted by Gasteiger charge is 2.06. The van der Waals surface area contributed by atoms with E-state index >= 15 is 0 Å². The molecule has 0 unspecified atom stereocenters. The number of aromatic nitrogens is 3. The predicted molar refractivity (Wildman–Crippen MR) is 72.7 cm³/mol. The molecule has 2 aromatic rings. The SMILES string of the molecule is CSc1nnc(Sc2ccc([C@H](C)N)nc2)s1. The van der Waals surface area contributed by atoms with Crippen LogP contribution in [0.3, 0.4) is 0 Å². The lowest BCUT2D eigenvalue weighted by atomic mass is 10.2. The minimum absolute atomic E-state index is 0.0290. The number of hydrogen-bond donors (Lipinski definition) is 1. The number of nitrogens with zero attached hydrogens (tertiary/aromatic N) is 3. The van der Waals surface area contributed by atoms with Crippen LogP contribution >= 0.6 is 34.9 Å². The van der Waals surface area contributed by atoms with Crippen molar-refractivity contribution < 1.29 is 0 Å². The summed E-state index contributed by atoms with van der Waals surface area (Å²) >= 11 is 4.77. The summed E-state index contributed by atoms with van der Waals surface area (Å²) in [6.07, 6.45) is 3.82. The van der Waals surface area contributed by atoms with E-state index < -0.39 is 0 Å². The monoisotopic (exact) mass is 284 g/mol. The molecule has 0 spiro atoms. The number of nitrogens with two attached hydrogens (primary N) is 1. The van der Waals surface area contributed by atoms with Crippen LogP contribution in [-0.4, -0.2) is 21.4 Å². The Kier molecular flexibility index (Phi) is 4.38. The van der Waals surface area contributed by atoms with Crippen molar-refractivity contribution in [3.8, 4) is 0 Å². The van der Waals surface area contributed by atoms with Gasteiger partial charge in [-0.05, 0) is 25.3 Å². The number of hydrogen-bond acceptors (Lipinski definition) is 7. The zero-order chi connectivity index (χ0) is 12.3. The highest BCUT2D eigenvalue weighted by Crippen LogP contribution is 2.32. The van der Waals surface area contributed by atoms with E-state index in [4.69, 9.17) is 5.73 Å². The van der Waals surface area contributed by atoms with Gasteiger partial charge in [-0.3, -0.25) is 4.98 Å². The maximum absolute atomic E-state index is 5.75. The Labute approximate surface area is 112 Å². The third kappa shape index (κ3) is 3.41. The van der Waals surface area contributed by atoms with Crippen LogP contribution in [0.4, 0.5) is 0 Å². The standard InChI is InChI=1S/C10H12N4S3/c1-6(11)8-4-3-7(5-12-8)16-10-14-13-9(15-2)17-10/h3-6H,11H2,1-2H3/t6-/m0/s1. The fourth-order valence-corrected chi connectivity index (χ4v) is 3.52. The number of pyridine rings is 1.